The van der Waals surface area contributed by atoms with Gasteiger partial charge in [-0.05, 0) is 23.9 Å². The van der Waals surface area contributed by atoms with Gasteiger partial charge in [0.15, 0.2) is 0 Å². The lowest BCUT2D eigenvalue weighted by atomic mass is 10.0. The zero-order chi connectivity index (χ0) is 17.6. The molecule has 25 heavy (non-hydrogen) atoms. The van der Waals surface area contributed by atoms with Crippen LogP contribution in [0.2, 0.25) is 0 Å². The second kappa shape index (κ2) is 6.00. The van der Waals surface area contributed by atoms with E-state index in [9.17, 15) is 14.4 Å². The Morgan fingerprint density at radius 2 is 1.92 bits per heavy atom. The smallest absolute Gasteiger partial charge is 0.324 e. The average Bonchev–Trinajstić information content (AvgIpc) is 3.20. The molecule has 2 aliphatic rings. The Balaban J connectivity index is 1.58. The lowest BCUT2D eigenvalue weighted by molar-refractivity contribution is -0.122. The molecule has 2 fully saturated rings. The van der Waals surface area contributed by atoms with Crippen LogP contribution in [-0.2, 0) is 4.79 Å². The lowest BCUT2D eigenvalue weighted by Gasteiger charge is -2.35. The fraction of sp³-hybridized carbons (Fsp3) is 0.278. The van der Waals surface area contributed by atoms with Crippen molar-refractivity contribution in [1.82, 2.24) is 15.1 Å². The Morgan fingerprint density at radius 3 is 2.68 bits per heavy atom. The second-order valence-corrected chi connectivity index (χ2v) is 7.20. The van der Waals surface area contributed by atoms with Gasteiger partial charge in [0.05, 0.1) is 11.4 Å². The van der Waals surface area contributed by atoms with E-state index in [1.807, 2.05) is 42.6 Å². The van der Waals surface area contributed by atoms with E-state index in [0.29, 0.717) is 18.0 Å². The minimum atomic E-state index is -0.576. The quantitative estimate of drug-likeness (QED) is 0.839. The minimum absolute atomic E-state index is 0.0858. The molecule has 4 amide bonds. The maximum atomic E-state index is 13.0. The highest BCUT2D eigenvalue weighted by atomic mass is 32.1. The summed E-state index contributed by atoms with van der Waals surface area (Å²) in [6.07, 6.45) is 0. The molecule has 1 aromatic carbocycles. The summed E-state index contributed by atoms with van der Waals surface area (Å²) < 4.78 is 0. The predicted octanol–water partition coefficient (Wildman–Crippen LogP) is 2.10. The number of fused-ring (bicyclic) bond motifs is 1. The number of carbonyl (C=O) groups excluding carboxylic acids is 3. The number of nitrogens with one attached hydrogen (secondary N) is 1. The molecule has 2 aromatic rings. The van der Waals surface area contributed by atoms with Crippen LogP contribution in [-0.4, -0.2) is 53.3 Å². The number of hydrogen-bond donors (Lipinski definition) is 1. The minimum Gasteiger partial charge on any atom is -0.334 e. The molecule has 4 rings (SSSR count). The molecule has 0 bridgehead atoms. The standard InChI is InChI=1S/C18H17N3O3S/c1-11-2-4-12(5-3-11)13-6-9-25-15(13)17(23)20-7-8-21-14(10-20)16(22)19-18(21)24/h2-6,9,14H,7-8,10H2,1H3,(H,19,22,24). The van der Waals surface area contributed by atoms with E-state index in [4.69, 9.17) is 0 Å². The highest BCUT2D eigenvalue weighted by Crippen LogP contribution is 2.30. The summed E-state index contributed by atoms with van der Waals surface area (Å²) in [6, 6.07) is 9.07. The summed E-state index contributed by atoms with van der Waals surface area (Å²) in [5.41, 5.74) is 3.08. The highest BCUT2D eigenvalue weighted by Gasteiger charge is 2.43. The second-order valence-electron chi connectivity index (χ2n) is 6.28. The van der Waals surface area contributed by atoms with Gasteiger partial charge in [-0.2, -0.15) is 0 Å². The number of piperazine rings is 1. The molecule has 128 valence electrons. The van der Waals surface area contributed by atoms with Gasteiger partial charge in [-0.1, -0.05) is 29.8 Å². The number of benzene rings is 1. The molecule has 1 unspecified atom stereocenters. The van der Waals surface area contributed by atoms with Gasteiger partial charge >= 0.3 is 6.03 Å². The van der Waals surface area contributed by atoms with Crippen molar-refractivity contribution in [2.24, 2.45) is 0 Å². The number of imide groups is 1. The fourth-order valence-electron chi connectivity index (χ4n) is 3.27. The number of rotatable bonds is 2. The molecule has 0 radical (unpaired) electrons. The summed E-state index contributed by atoms with van der Waals surface area (Å²) >= 11 is 1.40. The first-order valence-electron chi connectivity index (χ1n) is 8.10. The van der Waals surface area contributed by atoms with Crippen molar-refractivity contribution in [2.45, 2.75) is 13.0 Å². The molecule has 1 atom stereocenters. The molecule has 0 saturated carbocycles. The van der Waals surface area contributed by atoms with Crippen LogP contribution >= 0.6 is 11.3 Å². The van der Waals surface area contributed by atoms with Gasteiger partial charge in [-0.3, -0.25) is 14.9 Å². The van der Waals surface area contributed by atoms with E-state index in [1.54, 1.807) is 4.90 Å². The third-order valence-corrected chi connectivity index (χ3v) is 5.59. The number of urea groups is 1. The molecule has 1 N–H and O–H groups in total. The molecule has 1 aromatic heterocycles. The van der Waals surface area contributed by atoms with Gasteiger partial charge in [-0.15, -0.1) is 11.3 Å². The fourth-order valence-corrected chi connectivity index (χ4v) is 4.16. The summed E-state index contributed by atoms with van der Waals surface area (Å²) in [4.78, 5) is 40.4. The number of carbonyl (C=O) groups is 3. The van der Waals surface area contributed by atoms with E-state index in [0.717, 1.165) is 11.1 Å². The maximum Gasteiger partial charge on any atom is 0.324 e. The van der Waals surface area contributed by atoms with Crippen LogP contribution in [0, 0.1) is 6.92 Å². The Labute approximate surface area is 149 Å². The number of amides is 4. The van der Waals surface area contributed by atoms with Crippen molar-refractivity contribution >= 4 is 29.2 Å². The highest BCUT2D eigenvalue weighted by molar-refractivity contribution is 7.12. The van der Waals surface area contributed by atoms with Crippen LogP contribution in [0.5, 0.6) is 0 Å². The van der Waals surface area contributed by atoms with Crippen molar-refractivity contribution in [3.63, 3.8) is 0 Å². The van der Waals surface area contributed by atoms with Gasteiger partial charge in [0.1, 0.15) is 6.04 Å². The van der Waals surface area contributed by atoms with Gasteiger partial charge in [0.25, 0.3) is 11.8 Å². The SMILES string of the molecule is Cc1ccc(-c2ccsc2C(=O)N2CCN3C(=O)NC(=O)C3C2)cc1. The third-order valence-electron chi connectivity index (χ3n) is 4.68. The molecule has 7 heteroatoms. The zero-order valence-electron chi connectivity index (χ0n) is 13.7. The van der Waals surface area contributed by atoms with Crippen molar-refractivity contribution in [2.75, 3.05) is 19.6 Å². The Kier molecular flexibility index (Phi) is 3.80. The Bertz CT molecular complexity index is 859. The molecule has 0 spiro atoms. The average molecular weight is 355 g/mol. The Morgan fingerprint density at radius 1 is 1.16 bits per heavy atom. The van der Waals surface area contributed by atoms with Gasteiger partial charge in [-0.25, -0.2) is 4.79 Å². The van der Waals surface area contributed by atoms with Gasteiger partial charge < -0.3 is 9.80 Å². The predicted molar refractivity (Wildman–Crippen MR) is 94.4 cm³/mol. The normalized spacial score (nSPS) is 19.8. The topological polar surface area (TPSA) is 69.7 Å². The molecule has 2 saturated heterocycles. The molecule has 2 aliphatic heterocycles. The number of nitrogens with zero attached hydrogens (tertiary/aromatic N) is 2. The maximum absolute atomic E-state index is 13.0. The van der Waals surface area contributed by atoms with Crippen LogP contribution in [0.1, 0.15) is 15.2 Å². The van der Waals surface area contributed by atoms with Crippen LogP contribution in [0.25, 0.3) is 11.1 Å². The first-order chi connectivity index (χ1) is 12.0. The zero-order valence-corrected chi connectivity index (χ0v) is 14.5. The van der Waals surface area contributed by atoms with Crippen LogP contribution < -0.4 is 5.32 Å². The third kappa shape index (κ3) is 2.70. The van der Waals surface area contributed by atoms with Gasteiger partial charge in [0, 0.05) is 18.7 Å². The van der Waals surface area contributed by atoms with Crippen molar-refractivity contribution in [3.8, 4) is 11.1 Å². The molecular weight excluding hydrogens is 338 g/mol. The van der Waals surface area contributed by atoms with Crippen LogP contribution in [0.4, 0.5) is 4.79 Å². The Hall–Kier alpha value is -2.67. The van der Waals surface area contributed by atoms with E-state index in [-0.39, 0.29) is 24.4 Å². The first kappa shape index (κ1) is 15.8. The van der Waals surface area contributed by atoms with Crippen molar-refractivity contribution < 1.29 is 14.4 Å². The molecule has 0 aliphatic carbocycles. The number of thiophene rings is 1. The summed E-state index contributed by atoms with van der Waals surface area (Å²) in [6.45, 7) is 3.07. The number of hydrogen-bond acceptors (Lipinski definition) is 4. The van der Waals surface area contributed by atoms with Crippen molar-refractivity contribution in [1.29, 1.82) is 0 Å². The van der Waals surface area contributed by atoms with E-state index >= 15 is 0 Å². The van der Waals surface area contributed by atoms with Crippen molar-refractivity contribution in [3.05, 3.63) is 46.2 Å². The van der Waals surface area contributed by atoms with Crippen LogP contribution in [0.15, 0.2) is 35.7 Å². The van der Waals surface area contributed by atoms with E-state index in [2.05, 4.69) is 5.32 Å². The summed E-state index contributed by atoms with van der Waals surface area (Å²) in [5.74, 6) is -0.412. The van der Waals surface area contributed by atoms with Gasteiger partial charge in [0.2, 0.25) is 0 Å². The largest absolute Gasteiger partial charge is 0.334 e. The summed E-state index contributed by atoms with van der Waals surface area (Å²) in [5, 5.41) is 4.22. The molecule has 6 nitrogen and oxygen atoms in total. The van der Waals surface area contributed by atoms with Crippen LogP contribution in [0.3, 0.4) is 0 Å². The first-order valence-corrected chi connectivity index (χ1v) is 8.98. The molecule has 3 heterocycles. The lowest BCUT2D eigenvalue weighted by Crippen LogP contribution is -2.54. The summed E-state index contributed by atoms with van der Waals surface area (Å²) in [7, 11) is 0. The monoisotopic (exact) mass is 355 g/mol. The van der Waals surface area contributed by atoms with E-state index < -0.39 is 6.04 Å². The number of aryl methyl sites for hydroxylation is 1. The molecular formula is C18H17N3O3S. The van der Waals surface area contributed by atoms with E-state index in [1.165, 1.54) is 21.8 Å².